The van der Waals surface area contributed by atoms with E-state index in [0.717, 1.165) is 6.42 Å². The molecule has 0 aromatic heterocycles. The number of anilines is 1. The van der Waals surface area contributed by atoms with Gasteiger partial charge in [-0.2, -0.15) is 0 Å². The number of carbonyl (C=O) groups is 1. The van der Waals surface area contributed by atoms with Crippen LogP contribution >= 0.6 is 0 Å². The third-order valence-corrected chi connectivity index (χ3v) is 4.23. The Bertz CT molecular complexity index is 499. The summed E-state index contributed by atoms with van der Waals surface area (Å²) in [5, 5.41) is 3.40. The molecule has 4 heteroatoms. The first-order valence-corrected chi connectivity index (χ1v) is 7.37. The van der Waals surface area contributed by atoms with Crippen molar-refractivity contribution in [2.45, 2.75) is 44.3 Å². The number of hydrogen-bond acceptors (Lipinski definition) is 4. The Morgan fingerprint density at radius 1 is 1.45 bits per heavy atom. The van der Waals surface area contributed by atoms with Crippen LogP contribution < -0.4 is 10.2 Å². The monoisotopic (exact) mass is 274 g/mol. The van der Waals surface area contributed by atoms with Crippen LogP contribution in [0.4, 0.5) is 5.69 Å². The first-order valence-electron chi connectivity index (χ1n) is 7.37. The molecule has 1 fully saturated rings. The van der Waals surface area contributed by atoms with Crippen molar-refractivity contribution in [3.8, 4) is 0 Å². The van der Waals surface area contributed by atoms with Gasteiger partial charge in [-0.1, -0.05) is 18.2 Å². The third kappa shape index (κ3) is 2.66. The van der Waals surface area contributed by atoms with Gasteiger partial charge in [0.2, 0.25) is 0 Å². The van der Waals surface area contributed by atoms with Crippen LogP contribution in [0.3, 0.4) is 0 Å². The van der Waals surface area contributed by atoms with Crippen molar-refractivity contribution in [1.29, 1.82) is 0 Å². The van der Waals surface area contributed by atoms with E-state index in [0.29, 0.717) is 18.6 Å². The zero-order valence-corrected chi connectivity index (χ0v) is 12.1. The van der Waals surface area contributed by atoms with E-state index < -0.39 is 0 Å². The third-order valence-electron chi connectivity index (χ3n) is 4.23. The highest BCUT2D eigenvalue weighted by molar-refractivity contribution is 5.77. The summed E-state index contributed by atoms with van der Waals surface area (Å²) in [5.74, 6) is -0.159. The van der Waals surface area contributed by atoms with Gasteiger partial charge < -0.3 is 15.0 Å². The average molecular weight is 274 g/mol. The molecule has 0 amide bonds. The van der Waals surface area contributed by atoms with Crippen molar-refractivity contribution in [1.82, 2.24) is 5.32 Å². The topological polar surface area (TPSA) is 41.6 Å². The number of carbonyl (C=O) groups excluding carboxylic acids is 1. The standard InChI is InChI=1S/C16H22N2O2/c1-11-9-12-5-3-4-6-15(12)18(11)10-14(16(19)20-2)17-13-7-8-13/h3-6,11,13-14,17H,7-10H2,1-2H3. The van der Waals surface area contributed by atoms with E-state index in [-0.39, 0.29) is 12.0 Å². The molecule has 2 unspecified atom stereocenters. The zero-order chi connectivity index (χ0) is 14.1. The van der Waals surface area contributed by atoms with Gasteiger partial charge >= 0.3 is 5.97 Å². The Morgan fingerprint density at radius 2 is 2.20 bits per heavy atom. The van der Waals surface area contributed by atoms with Crippen molar-refractivity contribution in [2.24, 2.45) is 0 Å². The summed E-state index contributed by atoms with van der Waals surface area (Å²) in [6.45, 7) is 2.90. The van der Waals surface area contributed by atoms with Crippen LogP contribution in [0.15, 0.2) is 24.3 Å². The maximum absolute atomic E-state index is 12.0. The average Bonchev–Trinajstić information content (AvgIpc) is 3.21. The normalized spacial score (nSPS) is 22.5. The van der Waals surface area contributed by atoms with Crippen molar-refractivity contribution >= 4 is 11.7 Å². The molecule has 0 saturated heterocycles. The Kier molecular flexibility index (Phi) is 3.66. The number of para-hydroxylation sites is 1. The van der Waals surface area contributed by atoms with Crippen molar-refractivity contribution in [3.63, 3.8) is 0 Å². The van der Waals surface area contributed by atoms with Crippen LogP contribution in [0.2, 0.25) is 0 Å². The van der Waals surface area contributed by atoms with E-state index in [4.69, 9.17) is 4.74 Å². The highest BCUT2D eigenvalue weighted by Crippen LogP contribution is 2.32. The predicted molar refractivity (Wildman–Crippen MR) is 78.9 cm³/mol. The second-order valence-corrected chi connectivity index (χ2v) is 5.85. The molecule has 0 bridgehead atoms. The molecular weight excluding hydrogens is 252 g/mol. The number of nitrogens with zero attached hydrogens (tertiary/aromatic N) is 1. The van der Waals surface area contributed by atoms with E-state index in [2.05, 4.69) is 41.4 Å². The largest absolute Gasteiger partial charge is 0.468 e. The van der Waals surface area contributed by atoms with Gasteiger partial charge in [-0.15, -0.1) is 0 Å². The molecule has 1 saturated carbocycles. The van der Waals surface area contributed by atoms with Crippen molar-refractivity contribution < 1.29 is 9.53 Å². The number of esters is 1. The fraction of sp³-hybridized carbons (Fsp3) is 0.562. The van der Waals surface area contributed by atoms with Crippen LogP contribution in [0, 0.1) is 0 Å². The number of hydrogen-bond donors (Lipinski definition) is 1. The van der Waals surface area contributed by atoms with Gasteiger partial charge in [0.1, 0.15) is 6.04 Å². The van der Waals surface area contributed by atoms with E-state index in [1.807, 2.05) is 0 Å². The number of methoxy groups -OCH3 is 1. The van der Waals surface area contributed by atoms with Gasteiger partial charge in [0.05, 0.1) is 7.11 Å². The maximum atomic E-state index is 12.0. The number of rotatable bonds is 5. The molecule has 108 valence electrons. The number of benzene rings is 1. The molecule has 2 aliphatic rings. The molecule has 4 nitrogen and oxygen atoms in total. The highest BCUT2D eigenvalue weighted by atomic mass is 16.5. The second kappa shape index (κ2) is 5.44. The molecule has 1 aliphatic carbocycles. The maximum Gasteiger partial charge on any atom is 0.324 e. The van der Waals surface area contributed by atoms with Crippen LogP contribution in [0.5, 0.6) is 0 Å². The molecular formula is C16H22N2O2. The van der Waals surface area contributed by atoms with Crippen molar-refractivity contribution in [3.05, 3.63) is 29.8 Å². The van der Waals surface area contributed by atoms with Gasteiger partial charge in [0.25, 0.3) is 0 Å². The fourth-order valence-electron chi connectivity index (χ4n) is 2.98. The predicted octanol–water partition coefficient (Wildman–Crippen LogP) is 1.73. The highest BCUT2D eigenvalue weighted by Gasteiger charge is 2.33. The minimum absolute atomic E-state index is 0.159. The Labute approximate surface area is 120 Å². The summed E-state index contributed by atoms with van der Waals surface area (Å²) in [4.78, 5) is 14.3. The lowest BCUT2D eigenvalue weighted by molar-refractivity contribution is -0.142. The van der Waals surface area contributed by atoms with E-state index in [9.17, 15) is 4.79 Å². The van der Waals surface area contributed by atoms with Crippen LogP contribution in [0.1, 0.15) is 25.3 Å². The molecule has 1 heterocycles. The molecule has 1 aromatic carbocycles. The van der Waals surface area contributed by atoms with E-state index in [1.165, 1.54) is 31.2 Å². The lowest BCUT2D eigenvalue weighted by Crippen LogP contribution is -2.49. The van der Waals surface area contributed by atoms with Gasteiger partial charge in [-0.05, 0) is 37.8 Å². The van der Waals surface area contributed by atoms with Gasteiger partial charge in [-0.3, -0.25) is 4.79 Å². The molecule has 1 aromatic rings. The fourth-order valence-corrected chi connectivity index (χ4v) is 2.98. The zero-order valence-electron chi connectivity index (χ0n) is 12.1. The van der Waals surface area contributed by atoms with E-state index >= 15 is 0 Å². The summed E-state index contributed by atoms with van der Waals surface area (Å²) in [7, 11) is 1.46. The summed E-state index contributed by atoms with van der Waals surface area (Å²) >= 11 is 0. The summed E-state index contributed by atoms with van der Waals surface area (Å²) in [5.41, 5.74) is 2.63. The van der Waals surface area contributed by atoms with Crippen LogP contribution in [-0.4, -0.2) is 37.7 Å². The molecule has 0 spiro atoms. The minimum atomic E-state index is -0.235. The summed E-state index contributed by atoms with van der Waals surface area (Å²) in [6, 6.07) is 9.15. The van der Waals surface area contributed by atoms with Crippen LogP contribution in [0.25, 0.3) is 0 Å². The van der Waals surface area contributed by atoms with Gasteiger partial charge in [-0.25, -0.2) is 0 Å². The lowest BCUT2D eigenvalue weighted by Gasteiger charge is -2.29. The molecule has 2 atom stereocenters. The quantitative estimate of drug-likeness (QED) is 0.830. The summed E-state index contributed by atoms with van der Waals surface area (Å²) < 4.78 is 4.95. The minimum Gasteiger partial charge on any atom is -0.468 e. The lowest BCUT2D eigenvalue weighted by atomic mass is 10.1. The number of fused-ring (bicyclic) bond motifs is 1. The first-order chi connectivity index (χ1) is 9.69. The molecule has 3 rings (SSSR count). The number of ether oxygens (including phenoxy) is 1. The van der Waals surface area contributed by atoms with Gasteiger partial charge in [0.15, 0.2) is 0 Å². The second-order valence-electron chi connectivity index (χ2n) is 5.85. The Hall–Kier alpha value is -1.55. The Morgan fingerprint density at radius 3 is 2.90 bits per heavy atom. The van der Waals surface area contributed by atoms with Crippen molar-refractivity contribution in [2.75, 3.05) is 18.6 Å². The first kappa shape index (κ1) is 13.4. The smallest absolute Gasteiger partial charge is 0.324 e. The van der Waals surface area contributed by atoms with E-state index in [1.54, 1.807) is 0 Å². The molecule has 0 radical (unpaired) electrons. The number of nitrogens with one attached hydrogen (secondary N) is 1. The molecule has 1 N–H and O–H groups in total. The summed E-state index contributed by atoms with van der Waals surface area (Å²) in [6.07, 6.45) is 3.38. The molecule has 20 heavy (non-hydrogen) atoms. The van der Waals surface area contributed by atoms with Gasteiger partial charge in [0, 0.05) is 24.3 Å². The SMILES string of the molecule is COC(=O)C(CN1c2ccccc2CC1C)NC1CC1. The molecule has 1 aliphatic heterocycles. The van der Waals surface area contributed by atoms with Crippen LogP contribution in [-0.2, 0) is 16.0 Å². The Balaban J connectivity index is 1.75.